The van der Waals surface area contributed by atoms with Gasteiger partial charge in [-0.15, -0.1) is 0 Å². The summed E-state index contributed by atoms with van der Waals surface area (Å²) in [5.74, 6) is 0. The lowest BCUT2D eigenvalue weighted by Crippen LogP contribution is -2.37. The average molecular weight is 293 g/mol. The Bertz CT molecular complexity index is 826. The molecule has 1 heterocycles. The lowest BCUT2D eigenvalue weighted by Gasteiger charge is -2.38. The molecule has 0 atom stereocenters. The van der Waals surface area contributed by atoms with Crippen LogP contribution in [-0.2, 0) is 5.54 Å². The van der Waals surface area contributed by atoms with Crippen LogP contribution in [0.5, 0.6) is 0 Å². The first kappa shape index (κ1) is 14.7. The Morgan fingerprint density at radius 1 is 1.05 bits per heavy atom. The van der Waals surface area contributed by atoms with Crippen LogP contribution < -0.4 is 0 Å². The number of benzene rings is 2. The summed E-state index contributed by atoms with van der Waals surface area (Å²) >= 11 is 0. The second kappa shape index (κ2) is 5.53. The molecular formula is C20H23NO. The van der Waals surface area contributed by atoms with Crippen LogP contribution in [0, 0.1) is 0 Å². The number of para-hydroxylation sites is 1. The summed E-state index contributed by atoms with van der Waals surface area (Å²) in [6.07, 6.45) is 4.26. The van der Waals surface area contributed by atoms with Gasteiger partial charge < -0.3 is 9.32 Å². The first-order chi connectivity index (χ1) is 10.6. The zero-order valence-electron chi connectivity index (χ0n) is 13.8. The van der Waals surface area contributed by atoms with E-state index >= 15 is 0 Å². The van der Waals surface area contributed by atoms with Gasteiger partial charge >= 0.3 is 0 Å². The number of rotatable bonds is 4. The molecule has 1 aromatic heterocycles. The van der Waals surface area contributed by atoms with E-state index in [0.29, 0.717) is 0 Å². The molecule has 0 spiro atoms. The SMILES string of the molecule is C/C=C\N(CC)C(C)(C)c1cccc2oc3ccccc3c12. The average Bonchev–Trinajstić information content (AvgIpc) is 2.90. The van der Waals surface area contributed by atoms with Crippen LogP contribution in [0.15, 0.2) is 59.2 Å². The van der Waals surface area contributed by atoms with Gasteiger partial charge in [0, 0.05) is 17.3 Å². The van der Waals surface area contributed by atoms with E-state index in [1.54, 1.807) is 0 Å². The summed E-state index contributed by atoms with van der Waals surface area (Å²) in [4.78, 5) is 2.36. The van der Waals surface area contributed by atoms with E-state index in [4.69, 9.17) is 4.42 Å². The van der Waals surface area contributed by atoms with Crippen LogP contribution >= 0.6 is 0 Å². The van der Waals surface area contributed by atoms with Crippen molar-refractivity contribution in [1.82, 2.24) is 4.90 Å². The van der Waals surface area contributed by atoms with Gasteiger partial charge in [-0.3, -0.25) is 0 Å². The minimum Gasteiger partial charge on any atom is -0.456 e. The van der Waals surface area contributed by atoms with Gasteiger partial charge in [0.25, 0.3) is 0 Å². The van der Waals surface area contributed by atoms with Gasteiger partial charge in [0.15, 0.2) is 0 Å². The Labute approximate surface area is 132 Å². The van der Waals surface area contributed by atoms with E-state index in [9.17, 15) is 0 Å². The van der Waals surface area contributed by atoms with E-state index in [1.807, 2.05) is 12.1 Å². The number of furan rings is 1. The molecule has 0 amide bonds. The number of fused-ring (bicyclic) bond motifs is 3. The third-order valence-corrected chi connectivity index (χ3v) is 4.45. The monoisotopic (exact) mass is 293 g/mol. The van der Waals surface area contributed by atoms with Gasteiger partial charge in [0.1, 0.15) is 11.2 Å². The molecule has 0 N–H and O–H groups in total. The number of allylic oxidation sites excluding steroid dienone is 1. The van der Waals surface area contributed by atoms with Gasteiger partial charge in [-0.1, -0.05) is 36.4 Å². The molecule has 0 fully saturated rings. The van der Waals surface area contributed by atoms with Gasteiger partial charge in [-0.2, -0.15) is 0 Å². The maximum atomic E-state index is 6.03. The van der Waals surface area contributed by atoms with E-state index in [2.05, 4.69) is 75.2 Å². The van der Waals surface area contributed by atoms with E-state index in [-0.39, 0.29) is 5.54 Å². The molecule has 0 bridgehead atoms. The largest absolute Gasteiger partial charge is 0.456 e. The van der Waals surface area contributed by atoms with Crippen molar-refractivity contribution < 1.29 is 4.42 Å². The van der Waals surface area contributed by atoms with E-state index in [1.165, 1.54) is 16.3 Å². The molecule has 0 aliphatic rings. The Morgan fingerprint density at radius 3 is 2.50 bits per heavy atom. The topological polar surface area (TPSA) is 16.4 Å². The summed E-state index contributed by atoms with van der Waals surface area (Å²) in [7, 11) is 0. The molecule has 2 heteroatoms. The van der Waals surface area contributed by atoms with Crippen molar-refractivity contribution in [3.8, 4) is 0 Å². The molecule has 2 aromatic carbocycles. The summed E-state index contributed by atoms with van der Waals surface area (Å²) in [6.45, 7) is 9.76. The molecule has 3 aromatic rings. The summed E-state index contributed by atoms with van der Waals surface area (Å²) in [6, 6.07) is 14.6. The number of nitrogens with zero attached hydrogens (tertiary/aromatic N) is 1. The predicted molar refractivity (Wildman–Crippen MR) is 93.9 cm³/mol. The fourth-order valence-electron chi connectivity index (χ4n) is 3.31. The second-order valence-corrected chi connectivity index (χ2v) is 6.10. The fourth-order valence-corrected chi connectivity index (χ4v) is 3.31. The molecular weight excluding hydrogens is 270 g/mol. The highest BCUT2D eigenvalue weighted by Crippen LogP contribution is 2.38. The van der Waals surface area contributed by atoms with Crippen molar-refractivity contribution in [3.05, 3.63) is 60.3 Å². The van der Waals surface area contributed by atoms with Crippen LogP contribution in [0.1, 0.15) is 33.3 Å². The van der Waals surface area contributed by atoms with Crippen molar-refractivity contribution >= 4 is 21.9 Å². The molecule has 2 nitrogen and oxygen atoms in total. The molecule has 0 aliphatic heterocycles. The summed E-state index contributed by atoms with van der Waals surface area (Å²) in [5.41, 5.74) is 3.11. The number of hydrogen-bond acceptors (Lipinski definition) is 2. The first-order valence-electron chi connectivity index (χ1n) is 7.90. The van der Waals surface area contributed by atoms with Crippen molar-refractivity contribution in [3.63, 3.8) is 0 Å². The van der Waals surface area contributed by atoms with Crippen LogP contribution in [0.4, 0.5) is 0 Å². The second-order valence-electron chi connectivity index (χ2n) is 6.10. The zero-order chi connectivity index (χ0) is 15.7. The Kier molecular flexibility index (Phi) is 3.69. The molecule has 22 heavy (non-hydrogen) atoms. The zero-order valence-corrected chi connectivity index (χ0v) is 13.8. The molecule has 114 valence electrons. The first-order valence-corrected chi connectivity index (χ1v) is 7.90. The third kappa shape index (κ3) is 2.19. The minimum absolute atomic E-state index is 0.104. The van der Waals surface area contributed by atoms with Crippen molar-refractivity contribution in [2.75, 3.05) is 6.54 Å². The van der Waals surface area contributed by atoms with Gasteiger partial charge in [-0.05, 0) is 51.6 Å². The fraction of sp³-hybridized carbons (Fsp3) is 0.300. The summed E-state index contributed by atoms with van der Waals surface area (Å²) < 4.78 is 6.03. The Morgan fingerprint density at radius 2 is 1.77 bits per heavy atom. The van der Waals surface area contributed by atoms with Gasteiger partial charge in [0.05, 0.1) is 5.54 Å². The Balaban J connectivity index is 2.30. The lowest BCUT2D eigenvalue weighted by atomic mass is 9.88. The van der Waals surface area contributed by atoms with Gasteiger partial charge in [0.2, 0.25) is 0 Å². The van der Waals surface area contributed by atoms with E-state index < -0.39 is 0 Å². The quantitative estimate of drug-likeness (QED) is 0.615. The lowest BCUT2D eigenvalue weighted by molar-refractivity contribution is 0.197. The molecule has 0 aliphatic carbocycles. The third-order valence-electron chi connectivity index (χ3n) is 4.45. The van der Waals surface area contributed by atoms with Crippen molar-refractivity contribution in [2.24, 2.45) is 0 Å². The minimum atomic E-state index is -0.104. The maximum Gasteiger partial charge on any atom is 0.135 e. The summed E-state index contributed by atoms with van der Waals surface area (Å²) in [5, 5.41) is 2.42. The molecule has 0 unspecified atom stereocenters. The van der Waals surface area contributed by atoms with E-state index in [0.717, 1.165) is 17.7 Å². The number of hydrogen-bond donors (Lipinski definition) is 0. The molecule has 0 radical (unpaired) electrons. The molecule has 0 saturated heterocycles. The van der Waals surface area contributed by atoms with Crippen LogP contribution in [0.3, 0.4) is 0 Å². The van der Waals surface area contributed by atoms with Crippen molar-refractivity contribution in [2.45, 2.75) is 33.2 Å². The Hall–Kier alpha value is -2.22. The molecule has 0 saturated carbocycles. The van der Waals surface area contributed by atoms with Gasteiger partial charge in [-0.25, -0.2) is 0 Å². The van der Waals surface area contributed by atoms with Crippen LogP contribution in [0.2, 0.25) is 0 Å². The molecule has 3 rings (SSSR count). The van der Waals surface area contributed by atoms with Crippen LogP contribution in [0.25, 0.3) is 21.9 Å². The highest BCUT2D eigenvalue weighted by atomic mass is 16.3. The normalized spacial score (nSPS) is 12.5. The maximum absolute atomic E-state index is 6.03. The highest BCUT2D eigenvalue weighted by molar-refractivity contribution is 6.07. The van der Waals surface area contributed by atoms with Crippen LogP contribution in [-0.4, -0.2) is 11.4 Å². The smallest absolute Gasteiger partial charge is 0.135 e. The standard InChI is InChI=1S/C20H23NO/c1-5-14-21(6-2)20(3,4)16-11-9-13-18-19(16)15-10-7-8-12-17(15)22-18/h5,7-14H,6H2,1-4H3/b14-5-. The highest BCUT2D eigenvalue weighted by Gasteiger charge is 2.28. The predicted octanol–water partition coefficient (Wildman–Crippen LogP) is 5.68. The van der Waals surface area contributed by atoms with Crippen molar-refractivity contribution in [1.29, 1.82) is 0 Å².